The first-order valence-corrected chi connectivity index (χ1v) is 10.0. The van der Waals surface area contributed by atoms with Crippen molar-refractivity contribution in [2.45, 2.75) is 77.2 Å². The zero-order valence-electron chi connectivity index (χ0n) is 15.6. The number of aldehydes is 1. The van der Waals surface area contributed by atoms with E-state index in [1.165, 1.54) is 51.2 Å². The lowest BCUT2D eigenvalue weighted by atomic mass is 9.41. The molecule has 3 nitrogen and oxygen atoms in total. The van der Waals surface area contributed by atoms with Gasteiger partial charge in [-0.1, -0.05) is 20.3 Å². The second-order valence-electron chi connectivity index (χ2n) is 10.1. The number of carbonyl (C=O) groups excluding carboxylic acids is 1. The van der Waals surface area contributed by atoms with Crippen LogP contribution in [0, 0.1) is 34.0 Å². The maximum absolute atomic E-state index is 11.9. The van der Waals surface area contributed by atoms with Crippen LogP contribution in [0.1, 0.15) is 71.6 Å². The average molecular weight is 335 g/mol. The second kappa shape index (κ2) is 5.30. The van der Waals surface area contributed by atoms with Crippen LogP contribution in [0.5, 0.6) is 0 Å². The number of aliphatic hydroxyl groups is 1. The van der Waals surface area contributed by atoms with E-state index in [1.54, 1.807) is 7.11 Å². The third-order valence-electron chi connectivity index (χ3n) is 9.28. The van der Waals surface area contributed by atoms with Gasteiger partial charge in [0.15, 0.2) is 0 Å². The number of methoxy groups -OCH3 is 1. The maximum atomic E-state index is 11.9. The molecule has 4 saturated carbocycles. The molecule has 1 N–H and O–H groups in total. The van der Waals surface area contributed by atoms with Gasteiger partial charge < -0.3 is 14.6 Å². The van der Waals surface area contributed by atoms with E-state index in [2.05, 4.69) is 13.8 Å². The lowest BCUT2D eigenvalue weighted by Gasteiger charge is -2.63. The molecule has 1 spiro atoms. The molecule has 0 saturated heterocycles. The number of rotatable bonds is 3. The third-order valence-corrected chi connectivity index (χ3v) is 9.28. The number of carbonyl (C=O) groups is 1. The topological polar surface area (TPSA) is 46.5 Å². The van der Waals surface area contributed by atoms with E-state index >= 15 is 0 Å². The lowest BCUT2D eigenvalue weighted by Crippen LogP contribution is -2.56. The minimum atomic E-state index is -0.305. The highest BCUT2D eigenvalue weighted by Gasteiger charge is 2.67. The number of hydrogen-bond acceptors (Lipinski definition) is 3. The lowest BCUT2D eigenvalue weighted by molar-refractivity contribution is -0.157. The number of fused-ring (bicyclic) bond motifs is 3. The molecule has 2 bridgehead atoms. The highest BCUT2D eigenvalue weighted by Crippen LogP contribution is 2.73. The Labute approximate surface area is 146 Å². The van der Waals surface area contributed by atoms with Gasteiger partial charge in [-0.2, -0.15) is 0 Å². The Balaban J connectivity index is 1.72. The zero-order chi connectivity index (χ0) is 17.2. The van der Waals surface area contributed by atoms with Gasteiger partial charge in [0.05, 0.1) is 12.2 Å². The van der Waals surface area contributed by atoms with Crippen LogP contribution >= 0.6 is 0 Å². The van der Waals surface area contributed by atoms with E-state index in [0.717, 1.165) is 12.8 Å². The molecule has 0 heterocycles. The number of aliphatic hydroxyl groups excluding tert-OH is 1. The molecule has 136 valence electrons. The van der Waals surface area contributed by atoms with Gasteiger partial charge in [-0.25, -0.2) is 0 Å². The average Bonchev–Trinajstić information content (AvgIpc) is 2.82. The summed E-state index contributed by atoms with van der Waals surface area (Å²) in [6.45, 7) is 4.87. The molecule has 0 unspecified atom stereocenters. The first-order chi connectivity index (χ1) is 11.4. The van der Waals surface area contributed by atoms with E-state index in [-0.39, 0.29) is 23.0 Å². The predicted molar refractivity (Wildman–Crippen MR) is 93.6 cm³/mol. The van der Waals surface area contributed by atoms with Gasteiger partial charge in [-0.05, 0) is 80.0 Å². The van der Waals surface area contributed by atoms with Crippen LogP contribution in [0.25, 0.3) is 0 Å². The van der Waals surface area contributed by atoms with Crippen molar-refractivity contribution >= 4 is 6.29 Å². The Bertz CT molecular complexity index is 527. The monoisotopic (exact) mass is 334 g/mol. The molecule has 0 aliphatic heterocycles. The van der Waals surface area contributed by atoms with E-state index < -0.39 is 0 Å². The molecular weight excluding hydrogens is 300 g/mol. The summed E-state index contributed by atoms with van der Waals surface area (Å²) >= 11 is 0. The van der Waals surface area contributed by atoms with Crippen molar-refractivity contribution in [1.82, 2.24) is 0 Å². The molecule has 0 amide bonds. The maximum Gasteiger partial charge on any atom is 0.126 e. The van der Waals surface area contributed by atoms with E-state index in [0.29, 0.717) is 23.2 Å². The van der Waals surface area contributed by atoms with E-state index in [9.17, 15) is 9.90 Å². The minimum Gasteiger partial charge on any atom is -0.393 e. The molecule has 0 aromatic carbocycles. The highest BCUT2D eigenvalue weighted by atomic mass is 16.5. The molecule has 4 aliphatic carbocycles. The van der Waals surface area contributed by atoms with Crippen molar-refractivity contribution in [3.05, 3.63) is 0 Å². The molecule has 3 heteroatoms. The second-order valence-corrected chi connectivity index (χ2v) is 10.1. The molecule has 0 aromatic rings. The Morgan fingerprint density at radius 2 is 1.92 bits per heavy atom. The van der Waals surface area contributed by atoms with Crippen LogP contribution in [-0.4, -0.2) is 30.7 Å². The number of hydrogen-bond donors (Lipinski definition) is 1. The summed E-state index contributed by atoms with van der Waals surface area (Å²) in [7, 11) is 1.79. The van der Waals surface area contributed by atoms with E-state index in [1.807, 2.05) is 0 Å². The molecule has 24 heavy (non-hydrogen) atoms. The Hall–Kier alpha value is -0.410. The summed E-state index contributed by atoms with van der Waals surface area (Å²) in [5, 5.41) is 10.1. The molecular formula is C21H34O3. The summed E-state index contributed by atoms with van der Waals surface area (Å²) in [5.41, 5.74) is 0.199. The van der Waals surface area contributed by atoms with Crippen molar-refractivity contribution in [2.75, 3.05) is 13.7 Å². The molecule has 4 aliphatic rings. The summed E-state index contributed by atoms with van der Waals surface area (Å²) in [6, 6.07) is 0. The fourth-order valence-corrected chi connectivity index (χ4v) is 8.28. The van der Waals surface area contributed by atoms with Gasteiger partial charge in [0.25, 0.3) is 0 Å². The zero-order valence-corrected chi connectivity index (χ0v) is 15.6. The van der Waals surface area contributed by atoms with Gasteiger partial charge in [0.2, 0.25) is 0 Å². The van der Waals surface area contributed by atoms with Crippen LogP contribution in [0.3, 0.4) is 0 Å². The fourth-order valence-electron chi connectivity index (χ4n) is 8.28. The molecule has 4 fully saturated rings. The van der Waals surface area contributed by atoms with Crippen molar-refractivity contribution in [3.63, 3.8) is 0 Å². The Kier molecular flexibility index (Phi) is 3.76. The van der Waals surface area contributed by atoms with Gasteiger partial charge >= 0.3 is 0 Å². The van der Waals surface area contributed by atoms with Crippen LogP contribution in [-0.2, 0) is 9.53 Å². The Morgan fingerprint density at radius 1 is 1.12 bits per heavy atom. The summed E-state index contributed by atoms with van der Waals surface area (Å²) in [4.78, 5) is 11.9. The smallest absolute Gasteiger partial charge is 0.126 e. The SMILES string of the molecule is CO[C@]1(CO)C[C@@]23CC[C@H]4[C@@](C)(CCC[C@@]4(C)C=O)[C@@H]2CC[C@@H]1C3. The van der Waals surface area contributed by atoms with Crippen LogP contribution in [0.15, 0.2) is 0 Å². The standard InChI is InChI=1S/C21H34O3/c1-18(13-22)8-4-9-19(2)16(18)7-10-20-11-15(5-6-17(19)20)21(12-20,14-23)24-3/h13,15-17,23H,4-12,14H2,1-3H3/t15-,16-,17+,18+,19-,20+,21+/m1/s1. The van der Waals surface area contributed by atoms with Crippen molar-refractivity contribution in [3.8, 4) is 0 Å². The first kappa shape index (κ1) is 17.0. The molecule has 0 radical (unpaired) electrons. The number of ether oxygens (including phenoxy) is 1. The van der Waals surface area contributed by atoms with Crippen LogP contribution in [0.4, 0.5) is 0 Å². The van der Waals surface area contributed by atoms with Gasteiger partial charge in [-0.15, -0.1) is 0 Å². The normalized spacial score (nSPS) is 56.4. The van der Waals surface area contributed by atoms with Crippen LogP contribution in [0.2, 0.25) is 0 Å². The highest BCUT2D eigenvalue weighted by molar-refractivity contribution is 5.60. The molecule has 7 atom stereocenters. The van der Waals surface area contributed by atoms with Crippen molar-refractivity contribution < 1.29 is 14.6 Å². The molecule has 4 rings (SSSR count). The van der Waals surface area contributed by atoms with Gasteiger partial charge in [-0.3, -0.25) is 0 Å². The van der Waals surface area contributed by atoms with Crippen molar-refractivity contribution in [1.29, 1.82) is 0 Å². The summed E-state index contributed by atoms with van der Waals surface area (Å²) < 4.78 is 5.93. The van der Waals surface area contributed by atoms with Crippen molar-refractivity contribution in [2.24, 2.45) is 34.0 Å². The van der Waals surface area contributed by atoms with Gasteiger partial charge in [0, 0.05) is 12.5 Å². The largest absolute Gasteiger partial charge is 0.393 e. The fraction of sp³-hybridized carbons (Fsp3) is 0.952. The summed E-state index contributed by atoms with van der Waals surface area (Å²) in [5.74, 6) is 1.75. The van der Waals surface area contributed by atoms with Crippen LogP contribution < -0.4 is 0 Å². The Morgan fingerprint density at radius 3 is 2.58 bits per heavy atom. The predicted octanol–water partition coefficient (Wildman–Crippen LogP) is 3.98. The summed E-state index contributed by atoms with van der Waals surface area (Å²) in [6.07, 6.45) is 11.9. The quantitative estimate of drug-likeness (QED) is 0.794. The first-order valence-electron chi connectivity index (χ1n) is 10.0. The van der Waals surface area contributed by atoms with E-state index in [4.69, 9.17) is 4.74 Å². The minimum absolute atomic E-state index is 0.126. The van der Waals surface area contributed by atoms with Gasteiger partial charge in [0.1, 0.15) is 6.29 Å². The third kappa shape index (κ3) is 1.95. The molecule has 0 aromatic heterocycles.